The Hall–Kier alpha value is -2.32. The van der Waals surface area contributed by atoms with Gasteiger partial charge in [-0.2, -0.15) is 5.01 Å². The minimum Gasteiger partial charge on any atom is -0.340 e. The molecule has 0 saturated carbocycles. The van der Waals surface area contributed by atoms with Gasteiger partial charge in [0.15, 0.2) is 11.9 Å². The number of benzene rings is 2. The molecule has 3 atom stereocenters. The number of hydrazone groups is 1. The molecule has 4 rings (SSSR count). The second-order valence-corrected chi connectivity index (χ2v) is 14.4. The van der Waals surface area contributed by atoms with Crippen molar-refractivity contribution in [3.8, 4) is 0 Å². The Kier molecular flexibility index (Phi) is 14.5. The number of hydrogen-bond acceptors (Lipinski definition) is 5. The minimum atomic E-state index is -0.632. The number of nitrogens with zero attached hydrogens (tertiary/aromatic N) is 3. The van der Waals surface area contributed by atoms with Crippen molar-refractivity contribution in [2.45, 2.75) is 110 Å². The number of amides is 2. The summed E-state index contributed by atoms with van der Waals surface area (Å²) in [4.78, 5) is 28.9. The molecule has 1 saturated heterocycles. The van der Waals surface area contributed by atoms with Crippen molar-refractivity contribution in [1.82, 2.24) is 4.90 Å². The van der Waals surface area contributed by atoms with E-state index in [-0.39, 0.29) is 21.9 Å². The van der Waals surface area contributed by atoms with E-state index in [0.717, 1.165) is 38.0 Å². The molecular formula is C36H50Cl3N5O2. The van der Waals surface area contributed by atoms with Crippen LogP contribution in [0, 0.1) is 11.8 Å². The maximum atomic E-state index is 14.0. The Labute approximate surface area is 290 Å². The third kappa shape index (κ3) is 10.6. The SMILES string of the molecule is CCCCCCCCCCCCCC(=O)Nc1cccc(NC2=NN(c3c(Cl)cc(Cl)cc3Cl)C(=O)C2N2CC(C)CC(C)C2)c1. The third-order valence-corrected chi connectivity index (χ3v) is 9.59. The molecule has 3 unspecified atom stereocenters. The van der Waals surface area contributed by atoms with Crippen LogP contribution in [0.3, 0.4) is 0 Å². The molecule has 7 nitrogen and oxygen atoms in total. The molecule has 0 radical (unpaired) electrons. The first-order valence-corrected chi connectivity index (χ1v) is 18.3. The standard InChI is InChI=1S/C36H50Cl3N5O2/c1-4-5-6-7-8-9-10-11-12-13-14-18-32(45)40-28-16-15-17-29(22-28)41-35-34(43-23-25(2)19-26(3)24-43)36(46)44(42-35)33-30(38)20-27(37)21-31(33)39/h15-17,20-22,25-26,34H,4-14,18-19,23-24H2,1-3H3,(H,40,45)(H,41,42). The molecule has 0 aliphatic carbocycles. The van der Waals surface area contributed by atoms with Gasteiger partial charge in [-0.25, -0.2) is 0 Å². The van der Waals surface area contributed by atoms with E-state index in [1.165, 1.54) is 62.8 Å². The van der Waals surface area contributed by atoms with Crippen LogP contribution in [0.5, 0.6) is 0 Å². The van der Waals surface area contributed by atoms with Crippen molar-refractivity contribution in [2.75, 3.05) is 28.7 Å². The second-order valence-electron chi connectivity index (χ2n) is 13.2. The van der Waals surface area contributed by atoms with E-state index < -0.39 is 6.04 Å². The Morgan fingerprint density at radius 1 is 0.848 bits per heavy atom. The van der Waals surface area contributed by atoms with Crippen LogP contribution in [-0.4, -0.2) is 41.7 Å². The van der Waals surface area contributed by atoms with E-state index in [0.29, 0.717) is 40.5 Å². The summed E-state index contributed by atoms with van der Waals surface area (Å²) in [6.45, 7) is 8.21. The largest absolute Gasteiger partial charge is 0.340 e. The van der Waals surface area contributed by atoms with Gasteiger partial charge in [0.1, 0.15) is 5.69 Å². The van der Waals surface area contributed by atoms with E-state index in [4.69, 9.17) is 39.9 Å². The molecule has 252 valence electrons. The summed E-state index contributed by atoms with van der Waals surface area (Å²) in [6.07, 6.45) is 15.3. The van der Waals surface area contributed by atoms with Crippen molar-refractivity contribution in [3.05, 3.63) is 51.5 Å². The highest BCUT2D eigenvalue weighted by Gasteiger charge is 2.44. The summed E-state index contributed by atoms with van der Waals surface area (Å²) in [5, 5.41) is 13.3. The third-order valence-electron chi connectivity index (χ3n) is 8.79. The van der Waals surface area contributed by atoms with Crippen LogP contribution in [0.2, 0.25) is 15.1 Å². The predicted octanol–water partition coefficient (Wildman–Crippen LogP) is 10.4. The zero-order chi connectivity index (χ0) is 33.1. The molecule has 0 aromatic heterocycles. The number of rotatable bonds is 16. The Morgan fingerprint density at radius 2 is 1.41 bits per heavy atom. The number of amidine groups is 1. The predicted molar refractivity (Wildman–Crippen MR) is 194 cm³/mol. The van der Waals surface area contributed by atoms with E-state index in [1.54, 1.807) is 12.1 Å². The molecule has 2 N–H and O–H groups in total. The number of nitrogens with one attached hydrogen (secondary N) is 2. The van der Waals surface area contributed by atoms with Gasteiger partial charge in [-0.15, -0.1) is 5.10 Å². The fourth-order valence-corrected chi connectivity index (χ4v) is 7.66. The Balaban J connectivity index is 1.36. The lowest BCUT2D eigenvalue weighted by Gasteiger charge is -2.38. The lowest BCUT2D eigenvalue weighted by Crippen LogP contribution is -2.53. The van der Waals surface area contributed by atoms with Crippen LogP contribution in [0.15, 0.2) is 41.5 Å². The molecule has 2 amide bonds. The van der Waals surface area contributed by atoms with Gasteiger partial charge in [-0.1, -0.05) is 126 Å². The fraction of sp³-hybridized carbons (Fsp3) is 0.583. The van der Waals surface area contributed by atoms with Crippen LogP contribution in [0.4, 0.5) is 17.1 Å². The highest BCUT2D eigenvalue weighted by atomic mass is 35.5. The molecule has 1 fully saturated rings. The van der Waals surface area contributed by atoms with Gasteiger partial charge < -0.3 is 10.6 Å². The number of anilines is 3. The number of piperidine rings is 1. The highest BCUT2D eigenvalue weighted by Crippen LogP contribution is 2.39. The van der Waals surface area contributed by atoms with Crippen LogP contribution >= 0.6 is 34.8 Å². The minimum absolute atomic E-state index is 0.00817. The number of unbranched alkanes of at least 4 members (excludes halogenated alkanes) is 10. The smallest absolute Gasteiger partial charge is 0.272 e. The van der Waals surface area contributed by atoms with E-state index >= 15 is 0 Å². The summed E-state index contributed by atoms with van der Waals surface area (Å²) >= 11 is 19.2. The number of carbonyl (C=O) groups is 2. The average Bonchev–Trinajstić information content (AvgIpc) is 3.29. The molecule has 10 heteroatoms. The van der Waals surface area contributed by atoms with E-state index in [9.17, 15) is 9.59 Å². The number of carbonyl (C=O) groups excluding carboxylic acids is 2. The van der Waals surface area contributed by atoms with Gasteiger partial charge in [0.05, 0.1) is 10.0 Å². The second kappa shape index (κ2) is 18.3. The summed E-state index contributed by atoms with van der Waals surface area (Å²) in [6, 6.07) is 10.00. The van der Waals surface area contributed by atoms with Crippen LogP contribution in [0.1, 0.15) is 104 Å². The maximum absolute atomic E-state index is 14.0. The summed E-state index contributed by atoms with van der Waals surface area (Å²) in [5.74, 6) is 1.14. The average molecular weight is 691 g/mol. The fourth-order valence-electron chi connectivity index (χ4n) is 6.68. The summed E-state index contributed by atoms with van der Waals surface area (Å²) in [7, 11) is 0. The Bertz CT molecular complexity index is 1320. The molecular weight excluding hydrogens is 641 g/mol. The number of likely N-dealkylation sites (tertiary alicyclic amines) is 1. The van der Waals surface area contributed by atoms with Crippen LogP contribution < -0.4 is 15.6 Å². The van der Waals surface area contributed by atoms with Crippen LogP contribution in [-0.2, 0) is 9.59 Å². The summed E-state index contributed by atoms with van der Waals surface area (Å²) in [5.41, 5.74) is 1.72. The first-order valence-electron chi connectivity index (χ1n) is 17.1. The quantitative estimate of drug-likeness (QED) is 0.172. The molecule has 2 aliphatic heterocycles. The first-order chi connectivity index (χ1) is 22.2. The van der Waals surface area contributed by atoms with Crippen molar-refractivity contribution >= 4 is 69.5 Å². The molecule has 2 aromatic rings. The van der Waals surface area contributed by atoms with Gasteiger partial charge >= 0.3 is 0 Å². The van der Waals surface area contributed by atoms with Crippen molar-refractivity contribution in [1.29, 1.82) is 0 Å². The Morgan fingerprint density at radius 3 is 2.02 bits per heavy atom. The zero-order valence-electron chi connectivity index (χ0n) is 27.6. The van der Waals surface area contributed by atoms with Gasteiger partial charge in [-0.05, 0) is 55.0 Å². The van der Waals surface area contributed by atoms with Gasteiger partial charge in [0, 0.05) is 35.9 Å². The van der Waals surface area contributed by atoms with E-state index in [1.807, 2.05) is 24.3 Å². The van der Waals surface area contributed by atoms with Crippen molar-refractivity contribution in [3.63, 3.8) is 0 Å². The number of halogens is 3. The lowest BCUT2D eigenvalue weighted by atomic mass is 9.90. The molecule has 2 aromatic carbocycles. The van der Waals surface area contributed by atoms with Gasteiger partial charge in [0.25, 0.3) is 5.91 Å². The van der Waals surface area contributed by atoms with Crippen molar-refractivity contribution in [2.24, 2.45) is 16.9 Å². The van der Waals surface area contributed by atoms with Gasteiger partial charge in [0.2, 0.25) is 5.91 Å². The molecule has 0 bridgehead atoms. The van der Waals surface area contributed by atoms with Crippen molar-refractivity contribution < 1.29 is 9.59 Å². The maximum Gasteiger partial charge on any atom is 0.272 e. The summed E-state index contributed by atoms with van der Waals surface area (Å²) < 4.78 is 0. The number of hydrogen-bond donors (Lipinski definition) is 2. The molecule has 2 heterocycles. The first kappa shape index (κ1) is 36.5. The topological polar surface area (TPSA) is 77.0 Å². The van der Waals surface area contributed by atoms with E-state index in [2.05, 4.69) is 36.3 Å². The van der Waals surface area contributed by atoms with Crippen LogP contribution in [0.25, 0.3) is 0 Å². The molecule has 2 aliphatic rings. The highest BCUT2D eigenvalue weighted by molar-refractivity contribution is 6.43. The zero-order valence-corrected chi connectivity index (χ0v) is 29.9. The lowest BCUT2D eigenvalue weighted by molar-refractivity contribution is -0.121. The molecule has 46 heavy (non-hydrogen) atoms. The normalized spacial score (nSPS) is 20.2. The van der Waals surface area contributed by atoms with Gasteiger partial charge in [-0.3, -0.25) is 14.5 Å². The monoisotopic (exact) mass is 689 g/mol. The molecule has 0 spiro atoms.